The SMILES string of the molecule is Cl.Cl.O=C(CCC1CCNCC1)Nc1ccc2c(c1)CCN2C(=O)c1cccnc1. The molecule has 1 aromatic heterocycles. The number of aromatic nitrogens is 1. The van der Waals surface area contributed by atoms with Gasteiger partial charge in [-0.15, -0.1) is 24.8 Å². The Morgan fingerprint density at radius 2 is 1.97 bits per heavy atom. The Hall–Kier alpha value is -2.15. The number of carbonyl (C=O) groups is 2. The lowest BCUT2D eigenvalue weighted by atomic mass is 9.93. The minimum atomic E-state index is -0.0365. The summed E-state index contributed by atoms with van der Waals surface area (Å²) >= 11 is 0. The number of hydrogen-bond acceptors (Lipinski definition) is 4. The van der Waals surface area contributed by atoms with Gasteiger partial charge in [0.05, 0.1) is 5.56 Å². The van der Waals surface area contributed by atoms with Crippen LogP contribution in [0.15, 0.2) is 42.7 Å². The highest BCUT2D eigenvalue weighted by Crippen LogP contribution is 2.31. The van der Waals surface area contributed by atoms with Gasteiger partial charge < -0.3 is 15.5 Å². The van der Waals surface area contributed by atoms with Crippen LogP contribution in [0.1, 0.15) is 41.6 Å². The van der Waals surface area contributed by atoms with Crippen molar-refractivity contribution in [2.75, 3.05) is 29.9 Å². The van der Waals surface area contributed by atoms with Gasteiger partial charge in [0.25, 0.3) is 5.91 Å². The standard InChI is InChI=1S/C22H26N4O2.2ClH/c27-21(6-3-16-7-11-23-12-8-16)25-19-4-5-20-17(14-19)9-13-26(20)22(28)18-2-1-10-24-15-18;;/h1-2,4-5,10,14-16,23H,3,6-9,11-13H2,(H,25,27);2*1H. The number of piperidine rings is 1. The fourth-order valence-electron chi connectivity index (χ4n) is 4.06. The predicted octanol–water partition coefficient (Wildman–Crippen LogP) is 3.85. The molecule has 0 bridgehead atoms. The molecular formula is C22H28Cl2N4O2. The Morgan fingerprint density at radius 3 is 2.70 bits per heavy atom. The summed E-state index contributed by atoms with van der Waals surface area (Å²) in [6, 6.07) is 9.36. The van der Waals surface area contributed by atoms with Crippen LogP contribution < -0.4 is 15.5 Å². The molecule has 2 amide bonds. The summed E-state index contributed by atoms with van der Waals surface area (Å²) in [5.74, 6) is 0.685. The number of rotatable bonds is 5. The van der Waals surface area contributed by atoms with Crippen molar-refractivity contribution in [2.45, 2.75) is 32.1 Å². The molecule has 0 spiro atoms. The Bertz CT molecular complexity index is 857. The molecule has 4 rings (SSSR count). The number of carbonyl (C=O) groups excluding carboxylic acids is 2. The largest absolute Gasteiger partial charge is 0.326 e. The smallest absolute Gasteiger partial charge is 0.259 e. The van der Waals surface area contributed by atoms with Gasteiger partial charge in [-0.2, -0.15) is 0 Å². The first kappa shape index (κ1) is 24.1. The lowest BCUT2D eigenvalue weighted by molar-refractivity contribution is -0.116. The topological polar surface area (TPSA) is 74.3 Å². The summed E-state index contributed by atoms with van der Waals surface area (Å²) < 4.78 is 0. The van der Waals surface area contributed by atoms with Crippen molar-refractivity contribution in [3.8, 4) is 0 Å². The second kappa shape index (κ2) is 11.3. The van der Waals surface area contributed by atoms with Crippen LogP contribution in [0, 0.1) is 5.92 Å². The van der Waals surface area contributed by atoms with E-state index in [1.165, 1.54) is 0 Å². The molecule has 6 nitrogen and oxygen atoms in total. The van der Waals surface area contributed by atoms with E-state index in [1.807, 2.05) is 18.2 Å². The van der Waals surface area contributed by atoms with E-state index in [4.69, 9.17) is 0 Å². The number of nitrogens with zero attached hydrogens (tertiary/aromatic N) is 2. The molecule has 0 unspecified atom stereocenters. The van der Waals surface area contributed by atoms with Crippen LogP contribution in [0.3, 0.4) is 0 Å². The second-order valence-corrected chi connectivity index (χ2v) is 7.57. The van der Waals surface area contributed by atoms with E-state index in [9.17, 15) is 9.59 Å². The van der Waals surface area contributed by atoms with Gasteiger partial charge in [0.15, 0.2) is 0 Å². The average Bonchev–Trinajstić information content (AvgIpc) is 3.16. The first-order valence-electron chi connectivity index (χ1n) is 10.1. The number of fused-ring (bicyclic) bond motifs is 1. The van der Waals surface area contributed by atoms with Gasteiger partial charge in [-0.1, -0.05) is 0 Å². The minimum Gasteiger partial charge on any atom is -0.326 e. The molecule has 8 heteroatoms. The molecule has 1 saturated heterocycles. The summed E-state index contributed by atoms with van der Waals surface area (Å²) in [4.78, 5) is 30.9. The zero-order chi connectivity index (χ0) is 19.3. The Labute approximate surface area is 189 Å². The number of pyridine rings is 1. The maximum atomic E-state index is 12.7. The van der Waals surface area contributed by atoms with Crippen molar-refractivity contribution in [3.63, 3.8) is 0 Å². The van der Waals surface area contributed by atoms with Gasteiger partial charge in [-0.25, -0.2) is 0 Å². The van der Waals surface area contributed by atoms with E-state index in [1.54, 1.807) is 29.4 Å². The molecule has 3 heterocycles. The lowest BCUT2D eigenvalue weighted by Gasteiger charge is -2.22. The lowest BCUT2D eigenvalue weighted by Crippen LogP contribution is -2.28. The third-order valence-electron chi connectivity index (χ3n) is 5.65. The van der Waals surface area contributed by atoms with E-state index in [0.29, 0.717) is 24.4 Å². The van der Waals surface area contributed by atoms with Crippen molar-refractivity contribution >= 4 is 48.0 Å². The van der Waals surface area contributed by atoms with Crippen LogP contribution in [0.4, 0.5) is 11.4 Å². The second-order valence-electron chi connectivity index (χ2n) is 7.57. The maximum Gasteiger partial charge on any atom is 0.259 e. The van der Waals surface area contributed by atoms with Crippen LogP contribution in [0.25, 0.3) is 0 Å². The molecule has 2 aliphatic rings. The predicted molar refractivity (Wildman–Crippen MR) is 124 cm³/mol. The molecule has 2 aromatic rings. The van der Waals surface area contributed by atoms with Gasteiger partial charge in [-0.05, 0) is 80.6 Å². The van der Waals surface area contributed by atoms with E-state index < -0.39 is 0 Å². The first-order chi connectivity index (χ1) is 13.7. The molecule has 2 aliphatic heterocycles. The highest BCUT2D eigenvalue weighted by Gasteiger charge is 2.26. The monoisotopic (exact) mass is 450 g/mol. The maximum absolute atomic E-state index is 12.7. The highest BCUT2D eigenvalue weighted by atomic mass is 35.5. The van der Waals surface area contributed by atoms with Crippen LogP contribution in [-0.4, -0.2) is 36.4 Å². The molecule has 1 aromatic carbocycles. The van der Waals surface area contributed by atoms with Crippen molar-refractivity contribution in [1.29, 1.82) is 0 Å². The molecule has 1 fully saturated rings. The van der Waals surface area contributed by atoms with E-state index in [0.717, 1.165) is 55.7 Å². The Balaban J connectivity index is 0.00000160. The third-order valence-corrected chi connectivity index (χ3v) is 5.65. The third kappa shape index (κ3) is 5.72. The summed E-state index contributed by atoms with van der Waals surface area (Å²) in [5.41, 5.74) is 3.41. The molecule has 162 valence electrons. The van der Waals surface area contributed by atoms with Gasteiger partial charge in [0.1, 0.15) is 0 Å². The fourth-order valence-corrected chi connectivity index (χ4v) is 4.06. The summed E-state index contributed by atoms with van der Waals surface area (Å²) in [6.45, 7) is 2.77. The zero-order valence-electron chi connectivity index (χ0n) is 16.8. The summed E-state index contributed by atoms with van der Waals surface area (Å²) in [6.07, 6.45) is 7.88. The molecular weight excluding hydrogens is 423 g/mol. The van der Waals surface area contributed by atoms with E-state index >= 15 is 0 Å². The number of amides is 2. The molecule has 2 N–H and O–H groups in total. The number of nitrogens with one attached hydrogen (secondary N) is 2. The molecule has 0 atom stereocenters. The number of benzene rings is 1. The van der Waals surface area contributed by atoms with Crippen LogP contribution in [-0.2, 0) is 11.2 Å². The number of halogens is 2. The zero-order valence-corrected chi connectivity index (χ0v) is 18.4. The average molecular weight is 451 g/mol. The number of anilines is 2. The van der Waals surface area contributed by atoms with Crippen molar-refractivity contribution in [1.82, 2.24) is 10.3 Å². The Kier molecular flexibility index (Phi) is 9.08. The van der Waals surface area contributed by atoms with Gasteiger partial charge in [-0.3, -0.25) is 14.6 Å². The van der Waals surface area contributed by atoms with Gasteiger partial charge in [0.2, 0.25) is 5.91 Å². The molecule has 30 heavy (non-hydrogen) atoms. The van der Waals surface area contributed by atoms with Gasteiger partial charge >= 0.3 is 0 Å². The van der Waals surface area contributed by atoms with E-state index in [-0.39, 0.29) is 36.6 Å². The summed E-state index contributed by atoms with van der Waals surface area (Å²) in [5, 5.41) is 6.37. The van der Waals surface area contributed by atoms with Crippen molar-refractivity contribution in [2.24, 2.45) is 5.92 Å². The van der Waals surface area contributed by atoms with E-state index in [2.05, 4.69) is 15.6 Å². The fraction of sp³-hybridized carbons (Fsp3) is 0.409. The van der Waals surface area contributed by atoms with Gasteiger partial charge in [0, 0.05) is 36.7 Å². The minimum absolute atomic E-state index is 0. The molecule has 0 saturated carbocycles. The molecule has 0 radical (unpaired) electrons. The van der Waals surface area contributed by atoms with Crippen LogP contribution in [0.2, 0.25) is 0 Å². The highest BCUT2D eigenvalue weighted by molar-refractivity contribution is 6.07. The first-order valence-corrected chi connectivity index (χ1v) is 10.1. The molecule has 0 aliphatic carbocycles. The van der Waals surface area contributed by atoms with Crippen LogP contribution >= 0.6 is 24.8 Å². The summed E-state index contributed by atoms with van der Waals surface area (Å²) in [7, 11) is 0. The Morgan fingerprint density at radius 1 is 1.17 bits per heavy atom. The number of hydrogen-bond donors (Lipinski definition) is 2. The quantitative estimate of drug-likeness (QED) is 0.725. The van der Waals surface area contributed by atoms with Crippen molar-refractivity contribution in [3.05, 3.63) is 53.9 Å². The van der Waals surface area contributed by atoms with Crippen LogP contribution in [0.5, 0.6) is 0 Å². The van der Waals surface area contributed by atoms with Crippen molar-refractivity contribution < 1.29 is 9.59 Å². The normalized spacial score (nSPS) is 15.5.